The first-order chi connectivity index (χ1) is 7.88. The van der Waals surface area contributed by atoms with Crippen molar-refractivity contribution in [3.05, 3.63) is 40.7 Å². The minimum atomic E-state index is -4.44. The topological polar surface area (TPSA) is 12.9 Å². The highest BCUT2D eigenvalue weighted by Crippen LogP contribution is 2.33. The quantitative estimate of drug-likeness (QED) is 0.698. The Morgan fingerprint density at radius 2 is 1.94 bits per heavy atom. The van der Waals surface area contributed by atoms with Gasteiger partial charge < -0.3 is 0 Å². The Kier molecular flexibility index (Phi) is 2.91. The van der Waals surface area contributed by atoms with E-state index in [1.807, 2.05) is 0 Å². The number of nitrogens with zero attached hydrogens (tertiary/aromatic N) is 1. The van der Waals surface area contributed by atoms with E-state index in [9.17, 15) is 17.6 Å². The summed E-state index contributed by atoms with van der Waals surface area (Å²) in [5.74, 6) is -0.388. The Balaban J connectivity index is 2.40. The Hall–Kier alpha value is -1.43. The highest BCUT2D eigenvalue weighted by Gasteiger charge is 2.33. The third-order valence-electron chi connectivity index (χ3n) is 2.20. The molecule has 1 aromatic carbocycles. The van der Waals surface area contributed by atoms with Gasteiger partial charge in [-0.2, -0.15) is 13.2 Å². The molecule has 90 valence electrons. The van der Waals surface area contributed by atoms with Crippen molar-refractivity contribution in [1.29, 1.82) is 0 Å². The smallest absolute Gasteiger partial charge is 0.232 e. The zero-order valence-corrected chi connectivity index (χ0v) is 9.49. The van der Waals surface area contributed by atoms with E-state index in [0.29, 0.717) is 11.1 Å². The summed E-state index contributed by atoms with van der Waals surface area (Å²) in [5, 5.41) is 1.19. The lowest BCUT2D eigenvalue weighted by molar-refractivity contribution is -0.140. The SMILES string of the molecule is Cc1cc(-c2nc(C(F)(F)F)cs2)ccc1F. The van der Waals surface area contributed by atoms with E-state index in [1.54, 1.807) is 6.92 Å². The van der Waals surface area contributed by atoms with Crippen LogP contribution in [0.2, 0.25) is 0 Å². The van der Waals surface area contributed by atoms with Crippen molar-refractivity contribution in [1.82, 2.24) is 4.98 Å². The van der Waals surface area contributed by atoms with Crippen LogP contribution in [-0.4, -0.2) is 4.98 Å². The molecule has 0 spiro atoms. The average Bonchev–Trinajstić information content (AvgIpc) is 2.70. The Labute approximate surface area is 98.7 Å². The molecule has 0 bridgehead atoms. The van der Waals surface area contributed by atoms with Crippen LogP contribution in [0.25, 0.3) is 10.6 Å². The number of aromatic nitrogens is 1. The third kappa shape index (κ3) is 2.46. The van der Waals surface area contributed by atoms with Crippen LogP contribution in [0, 0.1) is 12.7 Å². The molecule has 1 nitrogen and oxygen atoms in total. The van der Waals surface area contributed by atoms with Gasteiger partial charge in [0, 0.05) is 10.9 Å². The van der Waals surface area contributed by atoms with E-state index >= 15 is 0 Å². The van der Waals surface area contributed by atoms with Crippen molar-refractivity contribution in [2.45, 2.75) is 13.1 Å². The van der Waals surface area contributed by atoms with E-state index in [1.165, 1.54) is 18.2 Å². The molecule has 6 heteroatoms. The zero-order valence-electron chi connectivity index (χ0n) is 8.68. The number of hydrogen-bond donors (Lipinski definition) is 0. The number of thiazole rings is 1. The number of hydrogen-bond acceptors (Lipinski definition) is 2. The second-order valence-electron chi connectivity index (χ2n) is 3.50. The first kappa shape index (κ1) is 12.0. The normalized spacial score (nSPS) is 11.8. The molecular formula is C11H7F4NS. The summed E-state index contributed by atoms with van der Waals surface area (Å²) >= 11 is 0.891. The van der Waals surface area contributed by atoms with E-state index in [0.717, 1.165) is 16.7 Å². The largest absolute Gasteiger partial charge is 0.434 e. The van der Waals surface area contributed by atoms with Crippen LogP contribution in [0.5, 0.6) is 0 Å². The molecule has 0 unspecified atom stereocenters. The van der Waals surface area contributed by atoms with Crippen LogP contribution in [0.3, 0.4) is 0 Å². The molecule has 2 rings (SSSR count). The average molecular weight is 261 g/mol. The fraction of sp³-hybridized carbons (Fsp3) is 0.182. The Bertz CT molecular complexity index is 545. The first-order valence-electron chi connectivity index (χ1n) is 4.67. The summed E-state index contributed by atoms with van der Waals surface area (Å²) in [6.07, 6.45) is -4.44. The van der Waals surface area contributed by atoms with Gasteiger partial charge in [0.2, 0.25) is 0 Å². The van der Waals surface area contributed by atoms with Crippen molar-refractivity contribution in [3.63, 3.8) is 0 Å². The van der Waals surface area contributed by atoms with Crippen molar-refractivity contribution in [3.8, 4) is 10.6 Å². The van der Waals surface area contributed by atoms with Gasteiger partial charge in [-0.15, -0.1) is 11.3 Å². The van der Waals surface area contributed by atoms with Gasteiger partial charge in [0.05, 0.1) is 0 Å². The number of alkyl halides is 3. The van der Waals surface area contributed by atoms with Crippen LogP contribution < -0.4 is 0 Å². The van der Waals surface area contributed by atoms with Gasteiger partial charge in [-0.25, -0.2) is 9.37 Å². The number of rotatable bonds is 1. The maximum atomic E-state index is 13.0. The van der Waals surface area contributed by atoms with Crippen molar-refractivity contribution < 1.29 is 17.6 Å². The van der Waals surface area contributed by atoms with E-state index in [4.69, 9.17) is 0 Å². The highest BCUT2D eigenvalue weighted by molar-refractivity contribution is 7.13. The maximum Gasteiger partial charge on any atom is 0.434 e. The van der Waals surface area contributed by atoms with Crippen molar-refractivity contribution in [2.24, 2.45) is 0 Å². The van der Waals surface area contributed by atoms with Crippen LogP contribution in [0.4, 0.5) is 17.6 Å². The van der Waals surface area contributed by atoms with Gasteiger partial charge in [0.15, 0.2) is 5.69 Å². The second-order valence-corrected chi connectivity index (χ2v) is 4.36. The molecular weight excluding hydrogens is 254 g/mol. The molecule has 1 aromatic heterocycles. The first-order valence-corrected chi connectivity index (χ1v) is 5.55. The summed E-state index contributed by atoms with van der Waals surface area (Å²) in [5.41, 5.74) is -0.0462. The number of aryl methyl sites for hydroxylation is 1. The van der Waals surface area contributed by atoms with Crippen LogP contribution in [0.15, 0.2) is 23.6 Å². The molecule has 0 aliphatic rings. The molecule has 0 saturated carbocycles. The summed E-state index contributed by atoms with van der Waals surface area (Å²) < 4.78 is 50.0. The fourth-order valence-electron chi connectivity index (χ4n) is 1.31. The summed E-state index contributed by atoms with van der Waals surface area (Å²) in [4.78, 5) is 3.49. The number of benzene rings is 1. The molecule has 0 fully saturated rings. The summed E-state index contributed by atoms with van der Waals surface area (Å²) in [7, 11) is 0. The van der Waals surface area contributed by atoms with Crippen LogP contribution >= 0.6 is 11.3 Å². The summed E-state index contributed by atoms with van der Waals surface area (Å²) in [6.45, 7) is 1.55. The highest BCUT2D eigenvalue weighted by atomic mass is 32.1. The molecule has 0 amide bonds. The van der Waals surface area contributed by atoms with Crippen molar-refractivity contribution >= 4 is 11.3 Å². The molecule has 0 atom stereocenters. The van der Waals surface area contributed by atoms with Gasteiger partial charge in [-0.05, 0) is 30.7 Å². The van der Waals surface area contributed by atoms with Gasteiger partial charge in [-0.1, -0.05) is 0 Å². The Morgan fingerprint density at radius 1 is 1.24 bits per heavy atom. The molecule has 2 aromatic rings. The molecule has 0 saturated heterocycles. The molecule has 0 radical (unpaired) electrons. The molecule has 0 aliphatic carbocycles. The van der Waals surface area contributed by atoms with Gasteiger partial charge in [-0.3, -0.25) is 0 Å². The van der Waals surface area contributed by atoms with Crippen LogP contribution in [-0.2, 0) is 6.18 Å². The fourth-order valence-corrected chi connectivity index (χ4v) is 2.14. The second kappa shape index (κ2) is 4.10. The number of halogens is 4. The minimum absolute atomic E-state index is 0.237. The molecule has 0 aliphatic heterocycles. The molecule has 17 heavy (non-hydrogen) atoms. The molecule has 0 N–H and O–H groups in total. The van der Waals surface area contributed by atoms with Gasteiger partial charge >= 0.3 is 6.18 Å². The standard InChI is InChI=1S/C11H7F4NS/c1-6-4-7(2-3-8(6)12)10-16-9(5-17-10)11(13,14)15/h2-5H,1H3. The third-order valence-corrected chi connectivity index (χ3v) is 3.09. The van der Waals surface area contributed by atoms with Gasteiger partial charge in [0.25, 0.3) is 0 Å². The van der Waals surface area contributed by atoms with E-state index in [-0.39, 0.29) is 10.8 Å². The Morgan fingerprint density at radius 3 is 2.47 bits per heavy atom. The molecule has 1 heterocycles. The predicted octanol–water partition coefficient (Wildman–Crippen LogP) is 4.28. The maximum absolute atomic E-state index is 13.0. The monoisotopic (exact) mass is 261 g/mol. The lowest BCUT2D eigenvalue weighted by atomic mass is 10.1. The summed E-state index contributed by atoms with van der Waals surface area (Å²) in [6, 6.07) is 4.12. The van der Waals surface area contributed by atoms with E-state index < -0.39 is 11.9 Å². The minimum Gasteiger partial charge on any atom is -0.232 e. The zero-order chi connectivity index (χ0) is 12.6. The van der Waals surface area contributed by atoms with Crippen LogP contribution in [0.1, 0.15) is 11.3 Å². The van der Waals surface area contributed by atoms with Crippen molar-refractivity contribution in [2.75, 3.05) is 0 Å². The van der Waals surface area contributed by atoms with E-state index in [2.05, 4.69) is 4.98 Å². The van der Waals surface area contributed by atoms with Gasteiger partial charge in [0.1, 0.15) is 10.8 Å². The lowest BCUT2D eigenvalue weighted by Gasteiger charge is -2.01. The predicted molar refractivity (Wildman–Crippen MR) is 57.2 cm³/mol. The lowest BCUT2D eigenvalue weighted by Crippen LogP contribution is -2.04.